The molecule has 2 nitrogen and oxygen atoms in total. The van der Waals surface area contributed by atoms with E-state index in [1.165, 1.54) is 23.5 Å². The Bertz CT molecular complexity index is 470. The van der Waals surface area contributed by atoms with Gasteiger partial charge in [0, 0.05) is 11.8 Å². The van der Waals surface area contributed by atoms with Gasteiger partial charge in [0.25, 0.3) is 0 Å². The largest absolute Gasteiger partial charge is 0.386 e. The third-order valence-corrected chi connectivity index (χ3v) is 3.12. The van der Waals surface area contributed by atoms with Crippen LogP contribution in [0, 0.1) is 12.7 Å². The molecule has 16 heavy (non-hydrogen) atoms. The summed E-state index contributed by atoms with van der Waals surface area (Å²) in [6, 6.07) is 4.61. The minimum absolute atomic E-state index is 0.272. The van der Waals surface area contributed by atoms with Gasteiger partial charge in [-0.15, -0.1) is 11.3 Å². The summed E-state index contributed by atoms with van der Waals surface area (Å²) in [5, 5.41) is 11.7. The molecule has 2 aromatic rings. The Kier molecular flexibility index (Phi) is 3.31. The van der Waals surface area contributed by atoms with Crippen LogP contribution >= 0.6 is 11.3 Å². The number of aryl methyl sites for hydroxylation is 1. The maximum atomic E-state index is 13.0. The van der Waals surface area contributed by atoms with Gasteiger partial charge in [-0.25, -0.2) is 9.37 Å². The van der Waals surface area contributed by atoms with Crippen LogP contribution in [0.25, 0.3) is 0 Å². The zero-order valence-corrected chi connectivity index (χ0v) is 9.67. The molecular formula is C12H12FNOS. The monoisotopic (exact) mass is 237 g/mol. The van der Waals surface area contributed by atoms with E-state index in [0.29, 0.717) is 12.1 Å². The third kappa shape index (κ3) is 2.46. The van der Waals surface area contributed by atoms with E-state index >= 15 is 0 Å². The first-order valence-corrected chi connectivity index (χ1v) is 5.92. The Morgan fingerprint density at radius 1 is 1.50 bits per heavy atom. The average molecular weight is 237 g/mol. The Hall–Kier alpha value is -1.26. The van der Waals surface area contributed by atoms with Crippen LogP contribution in [-0.2, 0) is 6.42 Å². The van der Waals surface area contributed by atoms with Crippen molar-refractivity contribution in [2.24, 2.45) is 0 Å². The van der Waals surface area contributed by atoms with E-state index in [1.54, 1.807) is 17.0 Å². The molecule has 1 aromatic heterocycles. The van der Waals surface area contributed by atoms with Crippen molar-refractivity contribution in [2.75, 3.05) is 0 Å². The minimum Gasteiger partial charge on any atom is -0.386 e. The molecule has 0 saturated carbocycles. The van der Waals surface area contributed by atoms with Gasteiger partial charge in [-0.2, -0.15) is 0 Å². The molecule has 2 rings (SSSR count). The van der Waals surface area contributed by atoms with Crippen LogP contribution in [0.15, 0.2) is 29.1 Å². The summed E-state index contributed by atoms with van der Waals surface area (Å²) in [6.45, 7) is 1.91. The molecule has 1 aromatic carbocycles. The van der Waals surface area contributed by atoms with Gasteiger partial charge in [-0.05, 0) is 30.2 Å². The van der Waals surface area contributed by atoms with E-state index in [1.807, 2.05) is 6.92 Å². The van der Waals surface area contributed by atoms with Crippen LogP contribution in [-0.4, -0.2) is 10.1 Å². The summed E-state index contributed by atoms with van der Waals surface area (Å²) in [6.07, 6.45) is -0.264. The molecular weight excluding hydrogens is 225 g/mol. The highest BCUT2D eigenvalue weighted by molar-refractivity contribution is 7.07. The highest BCUT2D eigenvalue weighted by Crippen LogP contribution is 2.20. The molecule has 0 aliphatic rings. The summed E-state index contributed by atoms with van der Waals surface area (Å²) in [4.78, 5) is 4.04. The number of rotatable bonds is 3. The number of benzene rings is 1. The average Bonchev–Trinajstić information content (AvgIpc) is 2.76. The van der Waals surface area contributed by atoms with Crippen molar-refractivity contribution in [1.82, 2.24) is 4.98 Å². The van der Waals surface area contributed by atoms with Gasteiger partial charge in [0.05, 0.1) is 11.2 Å². The van der Waals surface area contributed by atoms with Gasteiger partial charge in [-0.1, -0.05) is 6.07 Å². The smallest absolute Gasteiger partial charge is 0.123 e. The standard InChI is InChI=1S/C12H12FNOS/c1-8-2-3-10(13)4-9(8)5-12(15)11-6-16-7-14-11/h2-4,6-7,12,15H,5H2,1H3. The summed E-state index contributed by atoms with van der Waals surface area (Å²) < 4.78 is 13.0. The number of aromatic nitrogens is 1. The quantitative estimate of drug-likeness (QED) is 0.890. The topological polar surface area (TPSA) is 33.1 Å². The Balaban J connectivity index is 2.17. The lowest BCUT2D eigenvalue weighted by Gasteiger charge is -2.10. The molecule has 1 N–H and O–H groups in total. The number of hydrogen-bond donors (Lipinski definition) is 1. The number of aliphatic hydroxyl groups is 1. The molecule has 4 heteroatoms. The van der Waals surface area contributed by atoms with E-state index < -0.39 is 6.10 Å². The van der Waals surface area contributed by atoms with E-state index in [-0.39, 0.29) is 5.82 Å². The number of hydrogen-bond acceptors (Lipinski definition) is 3. The third-order valence-electron chi connectivity index (χ3n) is 2.52. The normalized spacial score (nSPS) is 12.7. The predicted molar refractivity (Wildman–Crippen MR) is 61.9 cm³/mol. The maximum absolute atomic E-state index is 13.0. The summed E-state index contributed by atoms with van der Waals surface area (Å²) in [5.41, 5.74) is 4.13. The van der Waals surface area contributed by atoms with Crippen molar-refractivity contribution in [1.29, 1.82) is 0 Å². The van der Waals surface area contributed by atoms with Crippen LogP contribution < -0.4 is 0 Å². The van der Waals surface area contributed by atoms with Crippen molar-refractivity contribution in [2.45, 2.75) is 19.4 Å². The van der Waals surface area contributed by atoms with Crippen molar-refractivity contribution in [3.05, 3.63) is 51.7 Å². The lowest BCUT2D eigenvalue weighted by Crippen LogP contribution is -2.03. The molecule has 1 atom stereocenters. The predicted octanol–water partition coefficient (Wildman–Crippen LogP) is 2.87. The molecule has 0 amide bonds. The molecule has 0 radical (unpaired) electrons. The Morgan fingerprint density at radius 3 is 3.00 bits per heavy atom. The second-order valence-corrected chi connectivity index (χ2v) is 4.42. The molecule has 84 valence electrons. The van der Waals surface area contributed by atoms with Crippen LogP contribution in [0.2, 0.25) is 0 Å². The van der Waals surface area contributed by atoms with Crippen molar-refractivity contribution in [3.8, 4) is 0 Å². The van der Waals surface area contributed by atoms with E-state index in [9.17, 15) is 9.50 Å². The lowest BCUT2D eigenvalue weighted by molar-refractivity contribution is 0.174. The van der Waals surface area contributed by atoms with Crippen LogP contribution in [0.3, 0.4) is 0 Å². The Morgan fingerprint density at radius 2 is 2.31 bits per heavy atom. The van der Waals surface area contributed by atoms with Gasteiger partial charge in [0.1, 0.15) is 11.9 Å². The number of thiazole rings is 1. The van der Waals surface area contributed by atoms with E-state index in [2.05, 4.69) is 4.98 Å². The van der Waals surface area contributed by atoms with Crippen LogP contribution in [0.4, 0.5) is 4.39 Å². The number of aliphatic hydroxyl groups excluding tert-OH is 1. The first kappa shape index (κ1) is 11.2. The number of halogens is 1. The summed E-state index contributed by atoms with van der Waals surface area (Å²) in [5.74, 6) is -0.272. The van der Waals surface area contributed by atoms with Gasteiger partial charge in [-0.3, -0.25) is 0 Å². The fourth-order valence-corrected chi connectivity index (χ4v) is 2.16. The summed E-state index contributed by atoms with van der Waals surface area (Å²) >= 11 is 1.44. The second kappa shape index (κ2) is 4.72. The molecule has 1 heterocycles. The highest BCUT2D eigenvalue weighted by Gasteiger charge is 2.12. The molecule has 0 fully saturated rings. The first-order valence-electron chi connectivity index (χ1n) is 4.98. The molecule has 0 aliphatic carbocycles. The van der Waals surface area contributed by atoms with Crippen molar-refractivity contribution < 1.29 is 9.50 Å². The Labute approximate surface area is 97.4 Å². The van der Waals surface area contributed by atoms with Crippen molar-refractivity contribution >= 4 is 11.3 Å². The molecule has 0 aliphatic heterocycles. The molecule has 0 saturated heterocycles. The zero-order chi connectivity index (χ0) is 11.5. The van der Waals surface area contributed by atoms with Crippen LogP contribution in [0.5, 0.6) is 0 Å². The molecule has 1 unspecified atom stereocenters. The number of nitrogens with zero attached hydrogens (tertiary/aromatic N) is 1. The van der Waals surface area contributed by atoms with Crippen molar-refractivity contribution in [3.63, 3.8) is 0 Å². The van der Waals surface area contributed by atoms with E-state index in [0.717, 1.165) is 11.1 Å². The SMILES string of the molecule is Cc1ccc(F)cc1CC(O)c1cscn1. The lowest BCUT2D eigenvalue weighted by atomic mass is 10.0. The van der Waals surface area contributed by atoms with E-state index in [4.69, 9.17) is 0 Å². The summed E-state index contributed by atoms with van der Waals surface area (Å²) in [7, 11) is 0. The first-order chi connectivity index (χ1) is 7.66. The molecule has 0 spiro atoms. The van der Waals surface area contributed by atoms with Gasteiger partial charge < -0.3 is 5.11 Å². The van der Waals surface area contributed by atoms with Crippen LogP contribution in [0.1, 0.15) is 22.9 Å². The van der Waals surface area contributed by atoms with Gasteiger partial charge in [0.15, 0.2) is 0 Å². The maximum Gasteiger partial charge on any atom is 0.123 e. The van der Waals surface area contributed by atoms with Gasteiger partial charge in [0.2, 0.25) is 0 Å². The second-order valence-electron chi connectivity index (χ2n) is 3.70. The fourth-order valence-electron chi connectivity index (χ4n) is 1.56. The highest BCUT2D eigenvalue weighted by atomic mass is 32.1. The molecule has 0 bridgehead atoms. The zero-order valence-electron chi connectivity index (χ0n) is 8.85. The minimum atomic E-state index is -0.660. The fraction of sp³-hybridized carbons (Fsp3) is 0.250. The van der Waals surface area contributed by atoms with Gasteiger partial charge >= 0.3 is 0 Å².